The summed E-state index contributed by atoms with van der Waals surface area (Å²) in [5, 5.41) is 2.65. The van der Waals surface area contributed by atoms with E-state index < -0.39 is 90.9 Å². The van der Waals surface area contributed by atoms with Crippen LogP contribution in [0.25, 0.3) is 0 Å². The minimum atomic E-state index is -2.28. The van der Waals surface area contributed by atoms with E-state index in [0.29, 0.717) is 0 Å². The van der Waals surface area contributed by atoms with Gasteiger partial charge in [0.2, 0.25) is 11.6 Å². The van der Waals surface area contributed by atoms with Crippen LogP contribution in [-0.4, -0.2) is 84.5 Å². The van der Waals surface area contributed by atoms with Crippen molar-refractivity contribution in [3.8, 4) is 0 Å². The van der Waals surface area contributed by atoms with E-state index in [4.69, 9.17) is 23.7 Å². The Morgan fingerprint density at radius 1 is 0.816 bits per heavy atom. The van der Waals surface area contributed by atoms with Gasteiger partial charge < -0.3 is 29.0 Å². The zero-order chi connectivity index (χ0) is 36.2. The molecule has 4 amide bonds. The van der Waals surface area contributed by atoms with Gasteiger partial charge in [0, 0.05) is 46.7 Å². The Kier molecular flexibility index (Phi) is 11.1. The van der Waals surface area contributed by atoms with E-state index >= 15 is 0 Å². The highest BCUT2D eigenvalue weighted by Gasteiger charge is 2.67. The minimum absolute atomic E-state index is 0.215. The molecule has 0 unspecified atom stereocenters. The molecule has 2 saturated heterocycles. The van der Waals surface area contributed by atoms with Crippen LogP contribution in [0.4, 0.5) is 16.2 Å². The van der Waals surface area contributed by atoms with Gasteiger partial charge >= 0.3 is 29.9 Å². The van der Waals surface area contributed by atoms with Crippen LogP contribution < -0.4 is 15.1 Å². The summed E-state index contributed by atoms with van der Waals surface area (Å²) in [6.07, 6.45) is -6.76. The van der Waals surface area contributed by atoms with E-state index in [1.807, 2.05) is 13.8 Å². The number of carbonyl (C=O) groups excluding carboxylic acids is 7. The number of rotatable bonds is 10. The quantitative estimate of drug-likeness (QED) is 0.220. The molecule has 262 valence electrons. The van der Waals surface area contributed by atoms with Crippen LogP contribution in [0.5, 0.6) is 0 Å². The van der Waals surface area contributed by atoms with Crippen molar-refractivity contribution in [1.82, 2.24) is 5.32 Å². The molecular weight excluding hydrogens is 642 g/mol. The summed E-state index contributed by atoms with van der Waals surface area (Å²) in [5.41, 5.74) is -0.119. The summed E-state index contributed by atoms with van der Waals surface area (Å²) in [6, 6.07) is 11.1. The van der Waals surface area contributed by atoms with Crippen molar-refractivity contribution in [2.75, 3.05) is 16.4 Å². The number of nitrogens with zero attached hydrogens (tertiary/aromatic N) is 2. The fraction of sp³-hybridized carbons (Fsp3) is 0.441. The van der Waals surface area contributed by atoms with Gasteiger partial charge in [0.15, 0.2) is 12.2 Å². The number of aryl methyl sites for hydroxylation is 2. The predicted octanol–water partition coefficient (Wildman–Crippen LogP) is 2.62. The van der Waals surface area contributed by atoms with Gasteiger partial charge in [0.05, 0.1) is 11.7 Å². The largest absolute Gasteiger partial charge is 0.462 e. The lowest BCUT2D eigenvalue weighted by molar-refractivity contribution is -0.230. The summed E-state index contributed by atoms with van der Waals surface area (Å²) >= 11 is 0. The summed E-state index contributed by atoms with van der Waals surface area (Å²) in [4.78, 5) is 93.1. The number of amides is 4. The molecule has 15 nitrogen and oxygen atoms in total. The Labute approximate surface area is 282 Å². The van der Waals surface area contributed by atoms with Gasteiger partial charge in [-0.2, -0.15) is 0 Å². The van der Waals surface area contributed by atoms with Crippen molar-refractivity contribution in [3.05, 3.63) is 59.7 Å². The first-order chi connectivity index (χ1) is 23.0. The van der Waals surface area contributed by atoms with Crippen LogP contribution in [0, 0.1) is 13.8 Å². The molecule has 0 aromatic heterocycles. The number of esters is 4. The molecule has 1 spiro atoms. The van der Waals surface area contributed by atoms with Crippen molar-refractivity contribution < 1.29 is 57.2 Å². The van der Waals surface area contributed by atoms with Crippen molar-refractivity contribution in [1.29, 1.82) is 0 Å². The maximum absolute atomic E-state index is 14.8. The predicted molar refractivity (Wildman–Crippen MR) is 171 cm³/mol. The molecule has 4 rings (SSSR count). The number of nitrogens with one attached hydrogen (secondary N) is 1. The summed E-state index contributed by atoms with van der Waals surface area (Å²) < 4.78 is 28.6. The number of hydrogen-bond acceptors (Lipinski definition) is 12. The molecule has 2 aliphatic rings. The zero-order valence-corrected chi connectivity index (χ0v) is 28.2. The van der Waals surface area contributed by atoms with Crippen molar-refractivity contribution >= 4 is 53.1 Å². The fourth-order valence-electron chi connectivity index (χ4n) is 5.95. The number of ether oxygens (including phenoxy) is 5. The highest BCUT2D eigenvalue weighted by molar-refractivity contribution is 6.30. The molecule has 2 aliphatic heterocycles. The number of carbonyl (C=O) groups is 7. The first-order valence-corrected chi connectivity index (χ1v) is 15.5. The molecule has 1 N–H and O–H groups in total. The summed E-state index contributed by atoms with van der Waals surface area (Å²) in [7, 11) is 0. The zero-order valence-electron chi connectivity index (χ0n) is 28.2. The van der Waals surface area contributed by atoms with E-state index in [2.05, 4.69) is 5.32 Å². The van der Waals surface area contributed by atoms with Crippen LogP contribution in [0.3, 0.4) is 0 Å². The second-order valence-corrected chi connectivity index (χ2v) is 11.9. The molecule has 2 fully saturated rings. The Hall–Kier alpha value is -5.31. The number of hydrogen-bond donors (Lipinski definition) is 1. The van der Waals surface area contributed by atoms with Crippen LogP contribution in [0.2, 0.25) is 0 Å². The molecule has 0 saturated carbocycles. The highest BCUT2D eigenvalue weighted by Crippen LogP contribution is 2.45. The lowest BCUT2D eigenvalue weighted by atomic mass is 9.86. The fourth-order valence-corrected chi connectivity index (χ4v) is 5.95. The SMILES string of the molecule is CC(=O)N[C@H]1[C@H]([C@H](OC(C)=O)[C@@H](COC(C)=O)OC(C)=O)O[C@]2(C[C@@H]1OC(C)=O)C(=O)N(c1ccc(C)cc1)C(=O)N2c1ccc(C)cc1. The standard InChI is InChI=1S/C34H39N3O12/c1-18-8-12-25(13-9-18)36-32(43)34(37(33(36)44)26-14-10-19(2)11-15-26)16-27(46-22(5)40)29(35-20(3)38)31(49-34)30(48-24(7)42)28(47-23(6)41)17-45-21(4)39/h8-15,27-31H,16-17H2,1-7H3,(H,35,38)/t27-,28+,29+,30+,31+,34+/m0/s1. The second-order valence-electron chi connectivity index (χ2n) is 11.9. The number of imide groups is 1. The highest BCUT2D eigenvalue weighted by atomic mass is 16.6. The molecular formula is C34H39N3O12. The first-order valence-electron chi connectivity index (χ1n) is 15.5. The van der Waals surface area contributed by atoms with Gasteiger partial charge in [-0.3, -0.25) is 33.7 Å². The monoisotopic (exact) mass is 681 g/mol. The molecule has 6 atom stereocenters. The van der Waals surface area contributed by atoms with E-state index in [9.17, 15) is 33.6 Å². The van der Waals surface area contributed by atoms with E-state index in [1.165, 1.54) is 6.92 Å². The van der Waals surface area contributed by atoms with Crippen molar-refractivity contribution in [2.45, 2.75) is 91.1 Å². The lowest BCUT2D eigenvalue weighted by Crippen LogP contribution is -2.71. The van der Waals surface area contributed by atoms with Crippen molar-refractivity contribution in [3.63, 3.8) is 0 Å². The smallest absolute Gasteiger partial charge is 0.338 e. The molecule has 0 radical (unpaired) electrons. The third-order valence-corrected chi connectivity index (χ3v) is 7.88. The van der Waals surface area contributed by atoms with Crippen LogP contribution in [-0.2, 0) is 52.5 Å². The molecule has 49 heavy (non-hydrogen) atoms. The normalized spacial score (nSPS) is 23.0. The van der Waals surface area contributed by atoms with Gasteiger partial charge in [-0.15, -0.1) is 0 Å². The summed E-state index contributed by atoms with van der Waals surface area (Å²) in [5.74, 6) is -4.81. The number of benzene rings is 2. The average Bonchev–Trinajstić information content (AvgIpc) is 3.20. The topological polar surface area (TPSA) is 184 Å². The van der Waals surface area contributed by atoms with E-state index in [-0.39, 0.29) is 11.4 Å². The third-order valence-electron chi connectivity index (χ3n) is 7.88. The summed E-state index contributed by atoms with van der Waals surface area (Å²) in [6.45, 7) is 8.57. The molecule has 15 heteroatoms. The average molecular weight is 682 g/mol. The second kappa shape index (κ2) is 14.8. The van der Waals surface area contributed by atoms with Crippen LogP contribution in [0.1, 0.15) is 52.2 Å². The molecule has 0 bridgehead atoms. The Morgan fingerprint density at radius 3 is 1.86 bits per heavy atom. The van der Waals surface area contributed by atoms with Crippen LogP contribution in [0.15, 0.2) is 48.5 Å². The third kappa shape index (κ3) is 8.05. The van der Waals surface area contributed by atoms with Gasteiger partial charge in [0.1, 0.15) is 18.8 Å². The van der Waals surface area contributed by atoms with E-state index in [0.717, 1.165) is 48.6 Å². The van der Waals surface area contributed by atoms with Gasteiger partial charge in [-0.1, -0.05) is 35.4 Å². The Morgan fingerprint density at radius 2 is 1.37 bits per heavy atom. The van der Waals surface area contributed by atoms with Crippen LogP contribution >= 0.6 is 0 Å². The molecule has 2 heterocycles. The Balaban J connectivity index is 2.00. The van der Waals surface area contributed by atoms with Gasteiger partial charge in [-0.25, -0.2) is 9.69 Å². The lowest BCUT2D eigenvalue weighted by Gasteiger charge is -2.50. The number of urea groups is 1. The maximum Gasteiger partial charge on any atom is 0.338 e. The molecule has 0 aliphatic carbocycles. The van der Waals surface area contributed by atoms with Gasteiger partial charge in [-0.05, 0) is 38.1 Å². The molecule has 2 aromatic rings. The first kappa shape index (κ1) is 36.5. The van der Waals surface area contributed by atoms with Gasteiger partial charge in [0.25, 0.3) is 5.91 Å². The minimum Gasteiger partial charge on any atom is -0.462 e. The maximum atomic E-state index is 14.8. The number of anilines is 2. The van der Waals surface area contributed by atoms with Crippen molar-refractivity contribution in [2.24, 2.45) is 0 Å². The molecule has 2 aromatic carbocycles. The Bertz CT molecular complexity index is 1630. The van der Waals surface area contributed by atoms with E-state index in [1.54, 1.807) is 48.5 Å².